The average Bonchev–Trinajstić information content (AvgIpc) is 2.71. The Balaban J connectivity index is 2.37. The summed E-state index contributed by atoms with van der Waals surface area (Å²) in [6, 6.07) is 8.42. The Kier molecular flexibility index (Phi) is 3.62. The number of hydrogen-bond acceptors (Lipinski definition) is 3. The van der Waals surface area contributed by atoms with Crippen molar-refractivity contribution >= 4 is 17.1 Å². The van der Waals surface area contributed by atoms with E-state index in [1.165, 1.54) is 16.9 Å². The average molecular weight is 259 g/mol. The van der Waals surface area contributed by atoms with Crippen LogP contribution in [0, 0.1) is 6.92 Å². The van der Waals surface area contributed by atoms with Gasteiger partial charge in [0.25, 0.3) is 0 Å². The maximum Gasteiger partial charge on any atom is 0.171 e. The number of nitrogens with zero attached hydrogens (tertiary/aromatic N) is 1. The molecule has 3 heteroatoms. The van der Waals surface area contributed by atoms with Crippen molar-refractivity contribution in [2.45, 2.75) is 33.6 Å². The lowest BCUT2D eigenvalue weighted by molar-refractivity contribution is 0.102. The fraction of sp³-hybridized carbons (Fsp3) is 0.333. The number of ketones is 1. The van der Waals surface area contributed by atoms with Crippen molar-refractivity contribution in [1.82, 2.24) is 4.98 Å². The Morgan fingerprint density at radius 2 is 1.83 bits per heavy atom. The van der Waals surface area contributed by atoms with E-state index in [9.17, 15) is 4.79 Å². The van der Waals surface area contributed by atoms with Crippen LogP contribution in [-0.4, -0.2) is 10.8 Å². The molecule has 0 N–H and O–H groups in total. The van der Waals surface area contributed by atoms with Crippen molar-refractivity contribution < 1.29 is 4.79 Å². The smallest absolute Gasteiger partial charge is 0.171 e. The summed E-state index contributed by atoms with van der Waals surface area (Å²) in [5.74, 6) is 0.625. The van der Waals surface area contributed by atoms with Gasteiger partial charge in [-0.15, -0.1) is 11.3 Å². The normalized spacial score (nSPS) is 10.9. The number of rotatable bonds is 3. The minimum Gasteiger partial charge on any atom is -0.294 e. The Morgan fingerprint density at radius 3 is 2.28 bits per heavy atom. The van der Waals surface area contributed by atoms with Gasteiger partial charge in [-0.05, 0) is 18.4 Å². The molecule has 0 radical (unpaired) electrons. The highest BCUT2D eigenvalue weighted by molar-refractivity contribution is 7.17. The van der Waals surface area contributed by atoms with E-state index in [1.807, 2.05) is 6.92 Å². The molecule has 1 aromatic heterocycles. The van der Waals surface area contributed by atoms with E-state index in [1.54, 1.807) is 6.92 Å². The quantitative estimate of drug-likeness (QED) is 0.762. The van der Waals surface area contributed by atoms with Crippen molar-refractivity contribution in [3.05, 3.63) is 40.4 Å². The van der Waals surface area contributed by atoms with Crippen LogP contribution in [0.3, 0.4) is 0 Å². The number of hydrogen-bond donors (Lipinski definition) is 0. The highest BCUT2D eigenvalue weighted by atomic mass is 32.1. The summed E-state index contributed by atoms with van der Waals surface area (Å²) in [4.78, 5) is 16.7. The Hall–Kier alpha value is -1.48. The molecule has 0 unspecified atom stereocenters. The molecule has 1 heterocycles. The van der Waals surface area contributed by atoms with Crippen LogP contribution >= 0.6 is 11.3 Å². The summed E-state index contributed by atoms with van der Waals surface area (Å²) in [7, 11) is 0. The summed E-state index contributed by atoms with van der Waals surface area (Å²) < 4.78 is 0. The Morgan fingerprint density at radius 1 is 1.22 bits per heavy atom. The zero-order valence-corrected chi connectivity index (χ0v) is 12.0. The predicted molar refractivity (Wildman–Crippen MR) is 76.4 cm³/mol. The first-order chi connectivity index (χ1) is 8.49. The SMILES string of the molecule is CC(=O)c1sc(-c2ccc(C(C)C)cc2)nc1C. The summed E-state index contributed by atoms with van der Waals surface area (Å²) in [6.07, 6.45) is 0. The van der Waals surface area contributed by atoms with Crippen LogP contribution in [0.5, 0.6) is 0 Å². The van der Waals surface area contributed by atoms with Gasteiger partial charge in [-0.25, -0.2) is 4.98 Å². The fourth-order valence-corrected chi connectivity index (χ4v) is 2.82. The van der Waals surface area contributed by atoms with Crippen molar-refractivity contribution in [1.29, 1.82) is 0 Å². The van der Waals surface area contributed by atoms with Gasteiger partial charge in [0.05, 0.1) is 10.6 Å². The molecular weight excluding hydrogens is 242 g/mol. The van der Waals surface area contributed by atoms with Crippen LogP contribution in [-0.2, 0) is 0 Å². The zero-order chi connectivity index (χ0) is 13.3. The third kappa shape index (κ3) is 2.51. The molecule has 18 heavy (non-hydrogen) atoms. The van der Waals surface area contributed by atoms with Crippen LogP contribution < -0.4 is 0 Å². The largest absolute Gasteiger partial charge is 0.294 e. The first-order valence-electron chi connectivity index (χ1n) is 6.07. The molecule has 0 bridgehead atoms. The minimum atomic E-state index is 0.0926. The monoisotopic (exact) mass is 259 g/mol. The summed E-state index contributed by atoms with van der Waals surface area (Å²) >= 11 is 1.47. The standard InChI is InChI=1S/C15H17NOS/c1-9(2)12-5-7-13(8-6-12)15-16-10(3)14(18-15)11(4)17/h5-9H,1-4H3. The summed E-state index contributed by atoms with van der Waals surface area (Å²) in [6.45, 7) is 7.83. The van der Waals surface area contributed by atoms with Crippen molar-refractivity contribution in [3.8, 4) is 10.6 Å². The number of carbonyl (C=O) groups excluding carboxylic acids is 1. The molecule has 0 amide bonds. The fourth-order valence-electron chi connectivity index (χ4n) is 1.86. The Bertz CT molecular complexity index is 567. The molecule has 2 rings (SSSR count). The van der Waals surface area contributed by atoms with Gasteiger partial charge in [-0.1, -0.05) is 38.1 Å². The number of aryl methyl sites for hydroxylation is 1. The van der Waals surface area contributed by atoms with Gasteiger partial charge in [0.1, 0.15) is 5.01 Å². The Labute approximate surface area is 112 Å². The van der Waals surface area contributed by atoms with E-state index in [0.717, 1.165) is 21.1 Å². The lowest BCUT2D eigenvalue weighted by atomic mass is 10.0. The predicted octanol–water partition coefficient (Wildman–Crippen LogP) is 4.44. The lowest BCUT2D eigenvalue weighted by Crippen LogP contribution is -1.89. The van der Waals surface area contributed by atoms with Gasteiger partial charge >= 0.3 is 0 Å². The molecule has 2 nitrogen and oxygen atoms in total. The van der Waals surface area contributed by atoms with E-state index in [-0.39, 0.29) is 5.78 Å². The van der Waals surface area contributed by atoms with Gasteiger partial charge in [0.2, 0.25) is 0 Å². The number of Topliss-reactive ketones (excluding diaryl/α,β-unsaturated/α-hetero) is 1. The van der Waals surface area contributed by atoms with Crippen LogP contribution in [0.25, 0.3) is 10.6 Å². The number of benzene rings is 1. The second kappa shape index (κ2) is 5.02. The van der Waals surface area contributed by atoms with Gasteiger partial charge < -0.3 is 0 Å². The van der Waals surface area contributed by atoms with Crippen LogP contribution in [0.15, 0.2) is 24.3 Å². The van der Waals surface area contributed by atoms with Gasteiger partial charge in [0, 0.05) is 12.5 Å². The van der Waals surface area contributed by atoms with Crippen molar-refractivity contribution in [3.63, 3.8) is 0 Å². The van der Waals surface area contributed by atoms with E-state index in [0.29, 0.717) is 5.92 Å². The minimum absolute atomic E-state index is 0.0926. The van der Waals surface area contributed by atoms with Gasteiger partial charge in [-0.3, -0.25) is 4.79 Å². The summed E-state index contributed by atoms with van der Waals surface area (Å²) in [5, 5.41) is 0.924. The highest BCUT2D eigenvalue weighted by Gasteiger charge is 2.12. The highest BCUT2D eigenvalue weighted by Crippen LogP contribution is 2.29. The molecule has 0 aliphatic rings. The third-order valence-corrected chi connectivity index (χ3v) is 4.25. The molecule has 94 valence electrons. The molecule has 0 aliphatic carbocycles. The zero-order valence-electron chi connectivity index (χ0n) is 11.2. The van der Waals surface area contributed by atoms with E-state index in [2.05, 4.69) is 43.1 Å². The third-order valence-electron chi connectivity index (χ3n) is 2.94. The maximum atomic E-state index is 11.4. The van der Waals surface area contributed by atoms with Gasteiger partial charge in [-0.2, -0.15) is 0 Å². The molecule has 0 aliphatic heterocycles. The molecule has 1 aromatic carbocycles. The molecule has 0 spiro atoms. The molecule has 0 fully saturated rings. The molecule has 0 saturated carbocycles. The maximum absolute atomic E-state index is 11.4. The number of carbonyl (C=O) groups is 1. The van der Waals surface area contributed by atoms with Crippen molar-refractivity contribution in [2.24, 2.45) is 0 Å². The molecular formula is C15H17NOS. The van der Waals surface area contributed by atoms with E-state index >= 15 is 0 Å². The van der Waals surface area contributed by atoms with Crippen LogP contribution in [0.2, 0.25) is 0 Å². The summed E-state index contributed by atoms with van der Waals surface area (Å²) in [5.41, 5.74) is 3.23. The van der Waals surface area contributed by atoms with Crippen molar-refractivity contribution in [2.75, 3.05) is 0 Å². The molecule has 0 atom stereocenters. The van der Waals surface area contributed by atoms with Crippen LogP contribution in [0.4, 0.5) is 0 Å². The second-order valence-electron chi connectivity index (χ2n) is 4.77. The first kappa shape index (κ1) is 13.0. The van der Waals surface area contributed by atoms with Crippen LogP contribution in [0.1, 0.15) is 47.6 Å². The van der Waals surface area contributed by atoms with E-state index < -0.39 is 0 Å². The second-order valence-corrected chi connectivity index (χ2v) is 5.77. The molecule has 0 saturated heterocycles. The lowest BCUT2D eigenvalue weighted by Gasteiger charge is -2.05. The topological polar surface area (TPSA) is 30.0 Å². The first-order valence-corrected chi connectivity index (χ1v) is 6.89. The number of thiazole rings is 1. The number of aromatic nitrogens is 1. The van der Waals surface area contributed by atoms with E-state index in [4.69, 9.17) is 0 Å². The van der Waals surface area contributed by atoms with Gasteiger partial charge in [0.15, 0.2) is 5.78 Å². The molecule has 2 aromatic rings.